The Morgan fingerprint density at radius 1 is 1.47 bits per heavy atom. The largest absolute Gasteiger partial charge is 0.475 e. The van der Waals surface area contributed by atoms with Crippen molar-refractivity contribution in [3.05, 3.63) is 17.9 Å². The van der Waals surface area contributed by atoms with Crippen molar-refractivity contribution in [2.24, 2.45) is 5.41 Å². The molecule has 0 aliphatic rings. The quantitative estimate of drug-likeness (QED) is 0.801. The number of rotatable bonds is 4. The van der Waals surface area contributed by atoms with Gasteiger partial charge in [-0.15, -0.1) is 0 Å². The summed E-state index contributed by atoms with van der Waals surface area (Å²) in [6.45, 7) is 6.54. The lowest BCUT2D eigenvalue weighted by Gasteiger charge is -2.16. The van der Waals surface area contributed by atoms with E-state index in [1.54, 1.807) is 17.8 Å². The lowest BCUT2D eigenvalue weighted by Crippen LogP contribution is -2.05. The van der Waals surface area contributed by atoms with Gasteiger partial charge in [0.15, 0.2) is 5.09 Å². The number of hydrogen-bond acceptors (Lipinski definition) is 3. The van der Waals surface area contributed by atoms with Crippen molar-refractivity contribution in [3.8, 4) is 0 Å². The molecule has 0 saturated heterocycles. The monoisotopic (exact) mass is 228 g/mol. The SMILES string of the molecule is CC(C)(C)CCSc1ccc(C(=O)O)o1. The topological polar surface area (TPSA) is 50.4 Å². The van der Waals surface area contributed by atoms with E-state index >= 15 is 0 Å². The fourth-order valence-electron chi connectivity index (χ4n) is 0.970. The molecule has 0 aliphatic heterocycles. The Bertz CT molecular complexity index is 336. The van der Waals surface area contributed by atoms with Crippen LogP contribution >= 0.6 is 11.8 Å². The van der Waals surface area contributed by atoms with Crippen molar-refractivity contribution in [1.29, 1.82) is 0 Å². The first kappa shape index (κ1) is 12.2. The van der Waals surface area contributed by atoms with Crippen molar-refractivity contribution in [1.82, 2.24) is 0 Å². The smallest absolute Gasteiger partial charge is 0.371 e. The molecule has 1 rings (SSSR count). The van der Waals surface area contributed by atoms with E-state index in [1.807, 2.05) is 0 Å². The van der Waals surface area contributed by atoms with Crippen LogP contribution in [0.4, 0.5) is 0 Å². The van der Waals surface area contributed by atoms with Gasteiger partial charge in [0, 0.05) is 5.75 Å². The van der Waals surface area contributed by atoms with E-state index in [1.165, 1.54) is 6.07 Å². The van der Waals surface area contributed by atoms with Crippen LogP contribution in [-0.2, 0) is 0 Å². The van der Waals surface area contributed by atoms with Gasteiger partial charge in [-0.25, -0.2) is 4.79 Å². The van der Waals surface area contributed by atoms with Gasteiger partial charge in [-0.1, -0.05) is 32.5 Å². The van der Waals surface area contributed by atoms with Gasteiger partial charge in [-0.05, 0) is 24.0 Å². The van der Waals surface area contributed by atoms with E-state index in [-0.39, 0.29) is 5.76 Å². The molecule has 1 heterocycles. The van der Waals surface area contributed by atoms with Gasteiger partial charge in [0.1, 0.15) is 0 Å². The zero-order chi connectivity index (χ0) is 11.5. The zero-order valence-electron chi connectivity index (χ0n) is 9.24. The van der Waals surface area contributed by atoms with Gasteiger partial charge in [0.25, 0.3) is 0 Å². The van der Waals surface area contributed by atoms with Gasteiger partial charge in [-0.3, -0.25) is 0 Å². The average molecular weight is 228 g/mol. The molecule has 0 saturated carbocycles. The number of carboxylic acid groups (broad SMARTS) is 1. The second kappa shape index (κ2) is 4.75. The molecule has 0 aromatic carbocycles. The minimum absolute atomic E-state index is 0.00765. The lowest BCUT2D eigenvalue weighted by atomic mass is 9.94. The van der Waals surface area contributed by atoms with Gasteiger partial charge >= 0.3 is 5.97 Å². The normalized spacial score (nSPS) is 11.7. The molecule has 15 heavy (non-hydrogen) atoms. The van der Waals surface area contributed by atoms with Crippen LogP contribution in [0.25, 0.3) is 0 Å². The fraction of sp³-hybridized carbons (Fsp3) is 0.545. The molecule has 0 unspecified atom stereocenters. The van der Waals surface area contributed by atoms with E-state index in [0.29, 0.717) is 10.5 Å². The second-order valence-electron chi connectivity index (χ2n) is 4.58. The van der Waals surface area contributed by atoms with Crippen molar-refractivity contribution >= 4 is 17.7 Å². The summed E-state index contributed by atoms with van der Waals surface area (Å²) in [4.78, 5) is 10.5. The Balaban J connectivity index is 2.41. The fourth-order valence-corrected chi connectivity index (χ4v) is 2.20. The van der Waals surface area contributed by atoms with E-state index < -0.39 is 5.97 Å². The highest BCUT2D eigenvalue weighted by atomic mass is 32.2. The maximum Gasteiger partial charge on any atom is 0.371 e. The Hall–Kier alpha value is -0.900. The lowest BCUT2D eigenvalue weighted by molar-refractivity contribution is 0.0656. The third kappa shape index (κ3) is 4.42. The number of aromatic carboxylic acids is 1. The van der Waals surface area contributed by atoms with Crippen molar-refractivity contribution in [2.75, 3.05) is 5.75 Å². The third-order valence-corrected chi connectivity index (χ3v) is 2.80. The van der Waals surface area contributed by atoms with Crippen LogP contribution in [0.15, 0.2) is 21.6 Å². The first-order valence-electron chi connectivity index (χ1n) is 4.84. The molecule has 0 spiro atoms. The molecule has 84 valence electrons. The molecule has 0 bridgehead atoms. The summed E-state index contributed by atoms with van der Waals surface area (Å²) < 4.78 is 5.12. The minimum atomic E-state index is -1.02. The summed E-state index contributed by atoms with van der Waals surface area (Å²) in [5.74, 6) is -0.0679. The molecule has 0 fully saturated rings. The highest BCUT2D eigenvalue weighted by Crippen LogP contribution is 2.27. The van der Waals surface area contributed by atoms with E-state index in [9.17, 15) is 4.79 Å². The predicted molar refractivity (Wildman–Crippen MR) is 60.5 cm³/mol. The van der Waals surface area contributed by atoms with Gasteiger partial charge in [-0.2, -0.15) is 0 Å². The van der Waals surface area contributed by atoms with Crippen LogP contribution in [0.1, 0.15) is 37.7 Å². The van der Waals surface area contributed by atoms with Crippen molar-refractivity contribution in [2.45, 2.75) is 32.3 Å². The summed E-state index contributed by atoms with van der Waals surface area (Å²) >= 11 is 1.56. The Morgan fingerprint density at radius 3 is 2.60 bits per heavy atom. The summed E-state index contributed by atoms with van der Waals surface area (Å²) in [6, 6.07) is 3.19. The molecule has 4 heteroatoms. The maximum atomic E-state index is 10.5. The number of furan rings is 1. The first-order chi connectivity index (χ1) is 6.88. The molecule has 1 aromatic rings. The summed E-state index contributed by atoms with van der Waals surface area (Å²) in [5.41, 5.74) is 0.301. The van der Waals surface area contributed by atoms with E-state index in [2.05, 4.69) is 20.8 Å². The number of carboxylic acids is 1. The molecule has 1 aromatic heterocycles. The molecule has 3 nitrogen and oxygen atoms in total. The Morgan fingerprint density at radius 2 is 2.13 bits per heavy atom. The number of hydrogen-bond donors (Lipinski definition) is 1. The molecule has 0 radical (unpaired) electrons. The van der Waals surface area contributed by atoms with Crippen LogP contribution in [0.2, 0.25) is 0 Å². The highest BCUT2D eigenvalue weighted by molar-refractivity contribution is 7.99. The molecule has 1 N–H and O–H groups in total. The molecule has 0 aliphatic carbocycles. The molecular formula is C11H16O3S. The zero-order valence-corrected chi connectivity index (χ0v) is 10.1. The van der Waals surface area contributed by atoms with Gasteiger partial charge in [0.2, 0.25) is 5.76 Å². The minimum Gasteiger partial charge on any atom is -0.475 e. The summed E-state index contributed by atoms with van der Waals surface area (Å²) in [5, 5.41) is 9.33. The molecule has 0 amide bonds. The van der Waals surface area contributed by atoms with Crippen LogP contribution in [0.3, 0.4) is 0 Å². The van der Waals surface area contributed by atoms with Crippen LogP contribution in [0, 0.1) is 5.41 Å². The maximum absolute atomic E-state index is 10.5. The highest BCUT2D eigenvalue weighted by Gasteiger charge is 2.12. The van der Waals surface area contributed by atoms with Crippen LogP contribution < -0.4 is 0 Å². The summed E-state index contributed by atoms with van der Waals surface area (Å²) in [6.07, 6.45) is 1.07. The van der Waals surface area contributed by atoms with Gasteiger partial charge < -0.3 is 9.52 Å². The first-order valence-corrected chi connectivity index (χ1v) is 5.83. The summed E-state index contributed by atoms with van der Waals surface area (Å²) in [7, 11) is 0. The Labute approximate surface area is 93.9 Å². The van der Waals surface area contributed by atoms with Crippen LogP contribution in [0.5, 0.6) is 0 Å². The van der Waals surface area contributed by atoms with E-state index in [4.69, 9.17) is 9.52 Å². The number of thioether (sulfide) groups is 1. The third-order valence-electron chi connectivity index (χ3n) is 1.89. The van der Waals surface area contributed by atoms with Crippen molar-refractivity contribution in [3.63, 3.8) is 0 Å². The van der Waals surface area contributed by atoms with Crippen molar-refractivity contribution < 1.29 is 14.3 Å². The average Bonchev–Trinajstić information content (AvgIpc) is 2.50. The van der Waals surface area contributed by atoms with Crippen LogP contribution in [-0.4, -0.2) is 16.8 Å². The molecular weight excluding hydrogens is 212 g/mol. The second-order valence-corrected chi connectivity index (χ2v) is 5.68. The predicted octanol–water partition coefficient (Wildman–Crippen LogP) is 3.51. The van der Waals surface area contributed by atoms with E-state index in [0.717, 1.165) is 12.2 Å². The number of carbonyl (C=O) groups is 1. The standard InChI is InChI=1S/C11H16O3S/c1-11(2,3)6-7-15-9-5-4-8(14-9)10(12)13/h4-5H,6-7H2,1-3H3,(H,12,13). The molecule has 0 atom stereocenters. The van der Waals surface area contributed by atoms with Gasteiger partial charge in [0.05, 0.1) is 0 Å². The Kier molecular flexibility index (Phi) is 3.85.